The predicted molar refractivity (Wildman–Crippen MR) is 237 cm³/mol. The zero-order valence-corrected chi connectivity index (χ0v) is 35.8. The normalized spacial score (nSPS) is 11.7. The highest BCUT2D eigenvalue weighted by Gasteiger charge is 2.21. The lowest BCUT2D eigenvalue weighted by Crippen LogP contribution is -2.41. The highest BCUT2D eigenvalue weighted by Crippen LogP contribution is 2.22. The van der Waals surface area contributed by atoms with Gasteiger partial charge in [-0.05, 0) is 48.2 Å². The smallest absolute Gasteiger partial charge is 0.326 e. The molecule has 6 rings (SSSR count). The highest BCUT2D eigenvalue weighted by molar-refractivity contribution is 5.97. The van der Waals surface area contributed by atoms with Crippen molar-refractivity contribution < 1.29 is 43.2 Å². The molecule has 0 aliphatic heterocycles. The highest BCUT2D eigenvalue weighted by atomic mass is 16.6. The molecule has 2 amide bonds. The van der Waals surface area contributed by atoms with E-state index in [1.165, 1.54) is 6.33 Å². The van der Waals surface area contributed by atoms with Crippen molar-refractivity contribution >= 4 is 63.5 Å². The molecule has 0 saturated heterocycles. The van der Waals surface area contributed by atoms with Gasteiger partial charge in [0.1, 0.15) is 18.2 Å². The lowest BCUT2D eigenvalue weighted by molar-refractivity contribution is -0.139. The van der Waals surface area contributed by atoms with E-state index < -0.39 is 17.9 Å². The number of carboxylic acid groups (broad SMARTS) is 1. The summed E-state index contributed by atoms with van der Waals surface area (Å²) in [6.07, 6.45) is 3.49. The predicted octanol–water partition coefficient (Wildman–Crippen LogP) is 1.78. The van der Waals surface area contributed by atoms with Gasteiger partial charge in [-0.25, -0.2) is 19.7 Å². The Hall–Kier alpha value is -7.34. The number of nitrogens with zero attached hydrogens (tertiary/aromatic N) is 8. The number of nitrogens with two attached hydrogens (primary N) is 3. The van der Waals surface area contributed by atoms with Crippen LogP contribution in [0.15, 0.2) is 61.1 Å². The van der Waals surface area contributed by atoms with E-state index in [0.29, 0.717) is 93.3 Å². The van der Waals surface area contributed by atoms with Crippen molar-refractivity contribution in [2.45, 2.75) is 45.1 Å². The van der Waals surface area contributed by atoms with Crippen LogP contribution in [0.2, 0.25) is 0 Å². The lowest BCUT2D eigenvalue weighted by atomic mass is 10.1. The number of fused-ring (bicyclic) bond motifs is 2. The van der Waals surface area contributed by atoms with Gasteiger partial charge in [0.2, 0.25) is 23.7 Å². The van der Waals surface area contributed by atoms with Crippen LogP contribution in [0.3, 0.4) is 0 Å². The number of imidazole rings is 1. The summed E-state index contributed by atoms with van der Waals surface area (Å²) in [5.41, 5.74) is 22.6. The zero-order valence-electron chi connectivity index (χ0n) is 35.8. The van der Waals surface area contributed by atoms with Crippen molar-refractivity contribution in [2.75, 3.05) is 81.9 Å². The summed E-state index contributed by atoms with van der Waals surface area (Å²) in [6.45, 7) is 4.05. The topological polar surface area (TPSA) is 329 Å². The minimum atomic E-state index is -1.20. The van der Waals surface area contributed by atoms with Crippen LogP contribution in [-0.4, -0.2) is 129 Å². The number of aromatic nitrogens is 8. The number of carbonyl (C=O) groups is 3. The maximum Gasteiger partial charge on any atom is 0.326 e. The third-order valence-electron chi connectivity index (χ3n) is 9.59. The first-order valence-electron chi connectivity index (χ1n) is 20.7. The number of hydrogen-bond acceptors (Lipinski definition) is 19. The minimum Gasteiger partial charge on any atom is -0.480 e. The lowest BCUT2D eigenvalue weighted by Gasteiger charge is -2.19. The number of ether oxygens (including phenoxy) is 5. The summed E-state index contributed by atoms with van der Waals surface area (Å²) in [5, 5.41) is 15.0. The number of nitrogens with one attached hydrogen (secondary N) is 3. The monoisotopic (exact) mass is 896 g/mol. The molecule has 1 atom stereocenters. The molecule has 23 heteroatoms. The first kappa shape index (κ1) is 47.1. The average molecular weight is 897 g/mol. The molecule has 0 unspecified atom stereocenters. The van der Waals surface area contributed by atoms with Crippen molar-refractivity contribution in [1.29, 1.82) is 0 Å². The number of carboxylic acids is 1. The van der Waals surface area contributed by atoms with Crippen molar-refractivity contribution in [1.82, 2.24) is 50.5 Å². The molecule has 0 spiro atoms. The van der Waals surface area contributed by atoms with Gasteiger partial charge in [-0.2, -0.15) is 19.9 Å². The number of anilines is 4. The molecular formula is C42H52N14O9. The number of aliphatic carboxylic acids is 1. The van der Waals surface area contributed by atoms with Crippen molar-refractivity contribution in [2.24, 2.45) is 0 Å². The standard InChI is InChI=1S/C42H52N14O9/c1-56(22-29-21-47-36-33(50-29)35(43)52-41(44)53-36)30-11-9-28(10-12-30)38(58)51-31(40(59)60)3-2-4-32(57)46-13-14-61-15-16-62-17-18-63-19-20-64-23-26-5-7-27(8-6-26)24-65-39-34-37(49-25-48-34)54-42(45)55-39/h5-12,21,25,31H,2-4,13-20,22-24H2,1H3,(H,46,57)(H,51,58)(H,59,60)(H4,43,44,47,52,53)(H3,45,48,49,54,55)/t31-/m0/s1. The number of carbonyl (C=O) groups excluding carboxylic acids is 2. The maximum absolute atomic E-state index is 12.9. The Bertz CT molecular complexity index is 2490. The fraction of sp³-hybridized carbons (Fsp3) is 0.381. The molecule has 344 valence electrons. The molecule has 6 aromatic rings. The van der Waals surface area contributed by atoms with E-state index in [-0.39, 0.29) is 61.6 Å². The van der Waals surface area contributed by atoms with Crippen molar-refractivity contribution in [3.05, 3.63) is 83.4 Å². The molecular weight excluding hydrogens is 845 g/mol. The zero-order chi connectivity index (χ0) is 46.0. The Morgan fingerprint density at radius 1 is 0.769 bits per heavy atom. The van der Waals surface area contributed by atoms with E-state index in [4.69, 9.17) is 40.9 Å². The van der Waals surface area contributed by atoms with Gasteiger partial charge in [-0.3, -0.25) is 9.59 Å². The Kier molecular flexibility index (Phi) is 17.4. The number of aromatic amines is 1. The van der Waals surface area contributed by atoms with Gasteiger partial charge in [-0.1, -0.05) is 24.3 Å². The number of amides is 2. The third kappa shape index (κ3) is 14.6. The van der Waals surface area contributed by atoms with E-state index >= 15 is 0 Å². The van der Waals surface area contributed by atoms with Gasteiger partial charge < -0.3 is 66.5 Å². The number of H-pyrrole nitrogens is 1. The molecule has 4 aromatic heterocycles. The molecule has 0 radical (unpaired) electrons. The summed E-state index contributed by atoms with van der Waals surface area (Å²) < 4.78 is 28.1. The van der Waals surface area contributed by atoms with Crippen LogP contribution >= 0.6 is 0 Å². The molecule has 23 nitrogen and oxygen atoms in total. The average Bonchev–Trinajstić information content (AvgIpc) is 3.77. The minimum absolute atomic E-state index is 0.0114. The van der Waals surface area contributed by atoms with Gasteiger partial charge >= 0.3 is 5.97 Å². The summed E-state index contributed by atoms with van der Waals surface area (Å²) in [7, 11) is 1.84. The van der Waals surface area contributed by atoms with Gasteiger partial charge in [0, 0.05) is 31.3 Å². The second kappa shape index (κ2) is 23.9. The number of rotatable bonds is 27. The molecule has 2 aromatic carbocycles. The first-order chi connectivity index (χ1) is 31.5. The van der Waals surface area contributed by atoms with Crippen LogP contribution < -0.4 is 37.5 Å². The summed E-state index contributed by atoms with van der Waals surface area (Å²) >= 11 is 0. The Balaban J connectivity index is 0.744. The van der Waals surface area contributed by atoms with Gasteiger partial charge in [0.25, 0.3) is 5.91 Å². The largest absolute Gasteiger partial charge is 0.480 e. The van der Waals surface area contributed by atoms with Crippen molar-refractivity contribution in [3.63, 3.8) is 0 Å². The summed E-state index contributed by atoms with van der Waals surface area (Å²) in [4.78, 5) is 71.0. The van der Waals surface area contributed by atoms with Crippen LogP contribution in [0.5, 0.6) is 5.88 Å². The van der Waals surface area contributed by atoms with Gasteiger partial charge in [0.05, 0.1) is 77.6 Å². The molecule has 0 saturated carbocycles. The second-order valence-corrected chi connectivity index (χ2v) is 14.5. The summed E-state index contributed by atoms with van der Waals surface area (Å²) in [6, 6.07) is 13.3. The van der Waals surface area contributed by atoms with Gasteiger partial charge in [-0.15, -0.1) is 0 Å². The second-order valence-electron chi connectivity index (χ2n) is 14.5. The fourth-order valence-electron chi connectivity index (χ4n) is 6.24. The van der Waals surface area contributed by atoms with E-state index in [9.17, 15) is 19.5 Å². The van der Waals surface area contributed by atoms with Crippen LogP contribution in [0.25, 0.3) is 22.3 Å². The van der Waals surface area contributed by atoms with Crippen LogP contribution in [0.1, 0.15) is 46.4 Å². The van der Waals surface area contributed by atoms with E-state index in [0.717, 1.165) is 16.8 Å². The molecule has 0 fully saturated rings. The molecule has 65 heavy (non-hydrogen) atoms. The molecule has 10 N–H and O–H groups in total. The SMILES string of the molecule is CN(Cc1cnc2nc(N)nc(N)c2n1)c1ccc(C(=O)N[C@@H](CCCC(=O)NCCOCCOCCOCCOCc2ccc(COc3nc(N)nc4nc[nH]c34)cc2)C(=O)O)cc1. The van der Waals surface area contributed by atoms with Crippen molar-refractivity contribution in [3.8, 4) is 5.88 Å². The molecule has 4 heterocycles. The Morgan fingerprint density at radius 3 is 2.12 bits per heavy atom. The Labute approximate surface area is 372 Å². The molecule has 0 bridgehead atoms. The summed E-state index contributed by atoms with van der Waals surface area (Å²) in [5.74, 6) is -1.42. The van der Waals surface area contributed by atoms with Crippen LogP contribution in [0.4, 0.5) is 23.4 Å². The Morgan fingerprint density at radius 2 is 1.42 bits per heavy atom. The number of hydrogen-bond donors (Lipinski definition) is 7. The van der Waals surface area contributed by atoms with Crippen LogP contribution in [0, 0.1) is 0 Å². The van der Waals surface area contributed by atoms with Crippen LogP contribution in [-0.2, 0) is 48.3 Å². The first-order valence-corrected chi connectivity index (χ1v) is 20.7. The van der Waals surface area contributed by atoms with E-state index in [1.807, 2.05) is 36.2 Å². The maximum atomic E-state index is 12.9. The number of nitrogen functional groups attached to an aromatic ring is 3. The number of benzene rings is 2. The quantitative estimate of drug-likeness (QED) is 0.0362. The third-order valence-corrected chi connectivity index (χ3v) is 9.59. The van der Waals surface area contributed by atoms with Gasteiger partial charge in [0.15, 0.2) is 22.6 Å². The fourth-order valence-corrected chi connectivity index (χ4v) is 6.24. The van der Waals surface area contributed by atoms with E-state index in [1.54, 1.807) is 30.5 Å². The van der Waals surface area contributed by atoms with E-state index in [2.05, 4.69) is 50.5 Å². The molecule has 0 aliphatic rings. The molecule has 0 aliphatic carbocycles.